The first-order valence-electron chi connectivity index (χ1n) is 10.9. The molecule has 1 fully saturated rings. The number of rotatable bonds is 12. The van der Waals surface area contributed by atoms with Gasteiger partial charge in [-0.1, -0.05) is 25.7 Å². The van der Waals surface area contributed by atoms with Crippen molar-refractivity contribution in [3.63, 3.8) is 0 Å². The van der Waals surface area contributed by atoms with Gasteiger partial charge in [0.15, 0.2) is 0 Å². The molecule has 2 heterocycles. The Bertz CT molecular complexity index is 847. The minimum Gasteiger partial charge on any atom is -0.385 e. The molecule has 1 aromatic rings. The zero-order valence-corrected chi connectivity index (χ0v) is 18.1. The van der Waals surface area contributed by atoms with E-state index in [2.05, 4.69) is 20.9 Å². The normalized spacial score (nSPS) is 16.2. The van der Waals surface area contributed by atoms with Crippen LogP contribution in [0.1, 0.15) is 61.9 Å². The van der Waals surface area contributed by atoms with Gasteiger partial charge in [-0.05, 0) is 31.4 Å². The molecule has 0 saturated carbocycles. The first-order chi connectivity index (χ1) is 15.7. The number of anilines is 1. The van der Waals surface area contributed by atoms with Crippen molar-refractivity contribution in [1.82, 2.24) is 20.9 Å². The summed E-state index contributed by atoms with van der Waals surface area (Å²) in [4.78, 5) is 50.0. The van der Waals surface area contributed by atoms with Crippen LogP contribution in [-0.4, -0.2) is 53.9 Å². The highest BCUT2D eigenvalue weighted by Crippen LogP contribution is 2.14. The lowest BCUT2D eigenvalue weighted by atomic mass is 10.1. The fourth-order valence-corrected chi connectivity index (χ4v) is 3.22. The van der Waals surface area contributed by atoms with E-state index in [0.717, 1.165) is 32.1 Å². The second-order valence-electron chi connectivity index (χ2n) is 7.71. The molecule has 0 radical (unpaired) electrons. The summed E-state index contributed by atoms with van der Waals surface area (Å²) >= 11 is 0. The summed E-state index contributed by atoms with van der Waals surface area (Å²) in [7, 11) is 0. The van der Waals surface area contributed by atoms with Gasteiger partial charge in [0, 0.05) is 31.4 Å². The molecule has 182 valence electrons. The number of pyridine rings is 1. The zero-order chi connectivity index (χ0) is 24.3. The van der Waals surface area contributed by atoms with Gasteiger partial charge in [0.1, 0.15) is 11.7 Å². The minimum atomic E-state index is -4.83. The molecule has 4 amide bonds. The van der Waals surface area contributed by atoms with E-state index in [1.165, 1.54) is 6.20 Å². The van der Waals surface area contributed by atoms with Crippen LogP contribution in [0.25, 0.3) is 0 Å². The van der Waals surface area contributed by atoms with Crippen LogP contribution in [-0.2, 0) is 14.4 Å². The van der Waals surface area contributed by atoms with Crippen LogP contribution in [0.3, 0.4) is 0 Å². The van der Waals surface area contributed by atoms with Gasteiger partial charge in [-0.2, -0.15) is 13.2 Å². The van der Waals surface area contributed by atoms with E-state index in [9.17, 15) is 32.3 Å². The summed E-state index contributed by atoms with van der Waals surface area (Å²) in [5, 5.41) is 9.81. The lowest BCUT2D eigenvalue weighted by molar-refractivity contribution is -0.173. The van der Waals surface area contributed by atoms with Gasteiger partial charge in [0.2, 0.25) is 11.8 Å². The van der Waals surface area contributed by atoms with Crippen LogP contribution < -0.4 is 21.3 Å². The second-order valence-corrected chi connectivity index (χ2v) is 7.71. The summed E-state index contributed by atoms with van der Waals surface area (Å²) in [5.74, 6) is -3.29. The molecule has 1 aromatic heterocycles. The highest BCUT2D eigenvalue weighted by molar-refractivity contribution is 6.03. The van der Waals surface area contributed by atoms with E-state index in [1.54, 1.807) is 12.1 Å². The van der Waals surface area contributed by atoms with E-state index < -0.39 is 29.9 Å². The Morgan fingerprint density at radius 1 is 1.06 bits per heavy atom. The summed E-state index contributed by atoms with van der Waals surface area (Å²) in [6, 6.07) is 2.53. The predicted octanol–water partition coefficient (Wildman–Crippen LogP) is 2.05. The Balaban J connectivity index is 1.58. The van der Waals surface area contributed by atoms with Gasteiger partial charge < -0.3 is 16.0 Å². The number of aromatic nitrogens is 1. The first-order valence-corrected chi connectivity index (χ1v) is 10.9. The molecular formula is C21H28F3N5O4. The van der Waals surface area contributed by atoms with Crippen LogP contribution in [0.5, 0.6) is 0 Å². The highest BCUT2D eigenvalue weighted by Gasteiger charge is 2.38. The number of halogens is 3. The Morgan fingerprint density at radius 2 is 1.73 bits per heavy atom. The highest BCUT2D eigenvalue weighted by atomic mass is 19.4. The topological polar surface area (TPSA) is 129 Å². The fraction of sp³-hybridized carbons (Fsp3) is 0.571. The average Bonchev–Trinajstić information content (AvgIpc) is 2.76. The predicted molar refractivity (Wildman–Crippen MR) is 113 cm³/mol. The third-order valence-corrected chi connectivity index (χ3v) is 5.01. The number of nitrogens with zero attached hydrogens (tertiary/aromatic N) is 1. The molecular weight excluding hydrogens is 443 g/mol. The molecule has 1 aliphatic rings. The molecule has 9 nitrogen and oxygen atoms in total. The van der Waals surface area contributed by atoms with E-state index in [-0.39, 0.29) is 31.0 Å². The van der Waals surface area contributed by atoms with Crippen LogP contribution in [0, 0.1) is 0 Å². The summed E-state index contributed by atoms with van der Waals surface area (Å²) in [6.07, 6.45) is 1.88. The number of unbranched alkanes of at least 4 members (excludes halogenated alkanes) is 5. The van der Waals surface area contributed by atoms with Crippen LogP contribution >= 0.6 is 0 Å². The largest absolute Gasteiger partial charge is 0.471 e. The van der Waals surface area contributed by atoms with Gasteiger partial charge in [0.05, 0.1) is 0 Å². The number of nitrogens with one attached hydrogen (secondary N) is 4. The summed E-state index contributed by atoms with van der Waals surface area (Å²) < 4.78 is 36.1. The second kappa shape index (κ2) is 12.8. The summed E-state index contributed by atoms with van der Waals surface area (Å²) in [5.41, 5.74) is 0.862. The minimum absolute atomic E-state index is 0.0153. The lowest BCUT2D eigenvalue weighted by Crippen LogP contribution is -2.52. The van der Waals surface area contributed by atoms with Crippen molar-refractivity contribution < 1.29 is 32.3 Å². The average molecular weight is 471 g/mol. The van der Waals surface area contributed by atoms with E-state index in [0.29, 0.717) is 18.7 Å². The van der Waals surface area contributed by atoms with Gasteiger partial charge in [-0.25, -0.2) is 0 Å². The molecule has 0 aliphatic carbocycles. The van der Waals surface area contributed by atoms with Gasteiger partial charge >= 0.3 is 12.1 Å². The van der Waals surface area contributed by atoms with Crippen LogP contribution in [0.15, 0.2) is 18.3 Å². The SMILES string of the molecule is O=C1CCC(NC(=O)c2cc(NCCCCCCCCNC(=O)C(F)(F)F)ccn2)C(=O)N1. The maximum Gasteiger partial charge on any atom is 0.471 e. The number of carbonyl (C=O) groups excluding carboxylic acids is 4. The van der Waals surface area contributed by atoms with Crippen molar-refractivity contribution in [2.75, 3.05) is 18.4 Å². The molecule has 12 heteroatoms. The maximum atomic E-state index is 12.4. The Morgan fingerprint density at radius 3 is 2.39 bits per heavy atom. The monoisotopic (exact) mass is 471 g/mol. The number of hydrogen-bond donors (Lipinski definition) is 4. The Kier molecular flexibility index (Phi) is 10.1. The maximum absolute atomic E-state index is 12.4. The fourth-order valence-electron chi connectivity index (χ4n) is 3.22. The molecule has 1 atom stereocenters. The standard InChI is InChI=1S/C21H28F3N5O4/c22-21(23,24)20(33)27-11-6-4-2-1-3-5-10-25-14-9-12-26-16(13-14)19(32)28-15-7-8-17(30)29-18(15)31/h9,12-13,15H,1-8,10-11H2,(H,25,26)(H,27,33)(H,28,32)(H,29,30,31). The van der Waals surface area contributed by atoms with Crippen molar-refractivity contribution >= 4 is 29.3 Å². The molecule has 4 N–H and O–H groups in total. The zero-order valence-electron chi connectivity index (χ0n) is 18.1. The quantitative estimate of drug-likeness (QED) is 0.273. The third kappa shape index (κ3) is 9.46. The molecule has 1 unspecified atom stereocenters. The van der Waals surface area contributed by atoms with E-state index >= 15 is 0 Å². The van der Waals surface area contributed by atoms with Crippen molar-refractivity contribution in [1.29, 1.82) is 0 Å². The molecule has 1 aliphatic heterocycles. The number of carbonyl (C=O) groups is 4. The number of amides is 4. The lowest BCUT2D eigenvalue weighted by Gasteiger charge is -2.21. The molecule has 1 saturated heterocycles. The molecule has 2 rings (SSSR count). The smallest absolute Gasteiger partial charge is 0.385 e. The van der Waals surface area contributed by atoms with Gasteiger partial charge in [-0.3, -0.25) is 29.5 Å². The van der Waals surface area contributed by atoms with E-state index in [4.69, 9.17) is 0 Å². The van der Waals surface area contributed by atoms with Crippen molar-refractivity contribution in [2.24, 2.45) is 0 Å². The number of imide groups is 1. The van der Waals surface area contributed by atoms with Crippen molar-refractivity contribution in [3.05, 3.63) is 24.0 Å². The Labute approximate surface area is 189 Å². The summed E-state index contributed by atoms with van der Waals surface area (Å²) in [6.45, 7) is 0.682. The van der Waals surface area contributed by atoms with E-state index in [1.807, 2.05) is 5.32 Å². The molecule has 0 aromatic carbocycles. The number of alkyl halides is 3. The molecule has 0 spiro atoms. The van der Waals surface area contributed by atoms with Crippen LogP contribution in [0.2, 0.25) is 0 Å². The number of hydrogen-bond acceptors (Lipinski definition) is 6. The first kappa shape index (κ1) is 26.1. The third-order valence-electron chi connectivity index (χ3n) is 5.01. The number of piperidine rings is 1. The van der Waals surface area contributed by atoms with Gasteiger partial charge in [-0.15, -0.1) is 0 Å². The van der Waals surface area contributed by atoms with Crippen molar-refractivity contribution in [2.45, 2.75) is 63.6 Å². The van der Waals surface area contributed by atoms with Crippen molar-refractivity contribution in [3.8, 4) is 0 Å². The van der Waals surface area contributed by atoms with Crippen LogP contribution in [0.4, 0.5) is 18.9 Å². The Hall–Kier alpha value is -3.18. The molecule has 0 bridgehead atoms. The van der Waals surface area contributed by atoms with Gasteiger partial charge in [0.25, 0.3) is 5.91 Å². The molecule has 33 heavy (non-hydrogen) atoms.